The first-order valence-electron chi connectivity index (χ1n) is 10.7. The molecule has 0 saturated carbocycles. The van der Waals surface area contributed by atoms with E-state index in [2.05, 4.69) is 60.8 Å². The van der Waals surface area contributed by atoms with Crippen molar-refractivity contribution >= 4 is 5.91 Å². The van der Waals surface area contributed by atoms with E-state index < -0.39 is 0 Å². The van der Waals surface area contributed by atoms with Crippen molar-refractivity contribution in [2.45, 2.75) is 77.7 Å². The maximum atomic E-state index is 12.0. The van der Waals surface area contributed by atoms with Crippen LogP contribution >= 0.6 is 0 Å². The van der Waals surface area contributed by atoms with E-state index in [1.807, 2.05) is 0 Å². The number of hydrogen-bond acceptors (Lipinski definition) is 2. The Morgan fingerprint density at radius 2 is 1.54 bits per heavy atom. The summed E-state index contributed by atoms with van der Waals surface area (Å²) in [6.07, 6.45) is 25.2. The predicted molar refractivity (Wildman–Crippen MR) is 118 cm³/mol. The first-order chi connectivity index (χ1) is 13.6. The van der Waals surface area contributed by atoms with Gasteiger partial charge in [0.1, 0.15) is 0 Å². The van der Waals surface area contributed by atoms with Gasteiger partial charge in [-0.1, -0.05) is 62.0 Å². The average molecular weight is 394 g/mol. The van der Waals surface area contributed by atoms with Crippen molar-refractivity contribution in [2.75, 3.05) is 13.3 Å². The fourth-order valence-electron chi connectivity index (χ4n) is 2.54. The first kappa shape index (κ1) is 26.3. The Morgan fingerprint density at radius 3 is 2.25 bits per heavy atom. The molecule has 0 spiro atoms. The van der Waals surface area contributed by atoms with Gasteiger partial charge in [0.2, 0.25) is 5.91 Å². The van der Waals surface area contributed by atoms with Crippen LogP contribution in [0.3, 0.4) is 0 Å². The highest BCUT2D eigenvalue weighted by Gasteiger charge is 2.04. The molecule has 3 nitrogen and oxygen atoms in total. The molecular weight excluding hydrogens is 353 g/mol. The molecule has 0 aliphatic rings. The summed E-state index contributed by atoms with van der Waals surface area (Å²) in [6, 6.07) is -0.167. The van der Waals surface area contributed by atoms with Gasteiger partial charge in [-0.3, -0.25) is 9.18 Å². The summed E-state index contributed by atoms with van der Waals surface area (Å²) >= 11 is 0. The smallest absolute Gasteiger partial charge is 0.220 e. The lowest BCUT2D eigenvalue weighted by Gasteiger charge is -2.09. The van der Waals surface area contributed by atoms with Gasteiger partial charge in [-0.05, 0) is 57.8 Å². The van der Waals surface area contributed by atoms with E-state index in [0.29, 0.717) is 18.8 Å². The Hall–Kier alpha value is -1.68. The van der Waals surface area contributed by atoms with Gasteiger partial charge in [0, 0.05) is 12.5 Å². The van der Waals surface area contributed by atoms with Gasteiger partial charge in [-0.25, -0.2) is 0 Å². The van der Waals surface area contributed by atoms with Gasteiger partial charge in [0.05, 0.1) is 13.3 Å². The molecule has 4 heteroatoms. The van der Waals surface area contributed by atoms with Gasteiger partial charge >= 0.3 is 0 Å². The topological polar surface area (TPSA) is 49.3 Å². The SMILES string of the molecule is C[C@H](/C=C\C/C=C\C/C=C\CCCC(=O)N[C@H](C)CO)/C=C\CCCCCF. The molecule has 0 aromatic rings. The Morgan fingerprint density at radius 1 is 0.893 bits per heavy atom. The number of rotatable bonds is 17. The highest BCUT2D eigenvalue weighted by atomic mass is 19.1. The lowest BCUT2D eigenvalue weighted by Crippen LogP contribution is -2.34. The van der Waals surface area contributed by atoms with Crippen LogP contribution in [0.1, 0.15) is 71.6 Å². The van der Waals surface area contributed by atoms with E-state index >= 15 is 0 Å². The molecule has 0 aliphatic heterocycles. The van der Waals surface area contributed by atoms with Gasteiger partial charge in [-0.15, -0.1) is 0 Å². The second-order valence-corrected chi connectivity index (χ2v) is 7.21. The molecular formula is C24H40FNO2. The van der Waals surface area contributed by atoms with Crippen LogP contribution < -0.4 is 5.32 Å². The monoisotopic (exact) mass is 393 g/mol. The predicted octanol–water partition coefficient (Wildman–Crippen LogP) is 5.82. The molecule has 2 N–H and O–H groups in total. The molecule has 28 heavy (non-hydrogen) atoms. The number of amides is 1. The number of aliphatic hydroxyl groups excluding tert-OH is 1. The fraction of sp³-hybridized carbons (Fsp3) is 0.625. The summed E-state index contributed by atoms with van der Waals surface area (Å²) < 4.78 is 12.0. The molecule has 2 atom stereocenters. The maximum Gasteiger partial charge on any atom is 0.220 e. The highest BCUT2D eigenvalue weighted by molar-refractivity contribution is 5.76. The third-order valence-corrected chi connectivity index (χ3v) is 4.22. The Bertz CT molecular complexity index is 483. The van der Waals surface area contributed by atoms with Crippen LogP contribution in [0.2, 0.25) is 0 Å². The van der Waals surface area contributed by atoms with Crippen LogP contribution in [0.4, 0.5) is 4.39 Å². The summed E-state index contributed by atoms with van der Waals surface area (Å²) in [4.78, 5) is 11.5. The summed E-state index contributed by atoms with van der Waals surface area (Å²) in [5, 5.41) is 11.6. The molecule has 0 rings (SSSR count). The second-order valence-electron chi connectivity index (χ2n) is 7.21. The Kier molecular flexibility index (Phi) is 18.9. The summed E-state index contributed by atoms with van der Waals surface area (Å²) in [7, 11) is 0. The number of allylic oxidation sites excluding steroid dienone is 8. The number of carbonyl (C=O) groups is 1. The normalized spacial score (nSPS) is 14.6. The fourth-order valence-corrected chi connectivity index (χ4v) is 2.54. The lowest BCUT2D eigenvalue weighted by atomic mass is 10.1. The standard InChI is InChI=1S/C24H40FNO2/c1-22(18-14-10-8-12-16-20-25)17-13-9-6-4-3-5-7-11-15-19-24(28)26-23(2)21-27/h4-7,13-14,17-18,22-23,27H,3,8-12,15-16,19-21H2,1-2H3,(H,26,28)/b6-4-,7-5-,17-13-,18-14-/t22-,23-/m1/s1. The number of carbonyl (C=O) groups excluding carboxylic acids is 1. The van der Waals surface area contributed by atoms with E-state index in [1.54, 1.807) is 6.92 Å². The van der Waals surface area contributed by atoms with Crippen molar-refractivity contribution in [3.05, 3.63) is 48.6 Å². The second kappa shape index (κ2) is 20.1. The van der Waals surface area contributed by atoms with Gasteiger partial charge in [-0.2, -0.15) is 0 Å². The van der Waals surface area contributed by atoms with E-state index in [-0.39, 0.29) is 25.2 Å². The maximum absolute atomic E-state index is 12.0. The minimum atomic E-state index is -0.198. The van der Waals surface area contributed by atoms with E-state index in [4.69, 9.17) is 5.11 Å². The molecule has 0 heterocycles. The number of nitrogens with one attached hydrogen (secondary N) is 1. The number of alkyl halides is 1. The van der Waals surface area contributed by atoms with Crippen molar-refractivity contribution in [2.24, 2.45) is 5.92 Å². The Labute approximate surface area is 171 Å². The van der Waals surface area contributed by atoms with Crippen molar-refractivity contribution in [3.8, 4) is 0 Å². The number of unbranched alkanes of at least 4 members (excludes halogenated alkanes) is 4. The minimum Gasteiger partial charge on any atom is -0.394 e. The lowest BCUT2D eigenvalue weighted by molar-refractivity contribution is -0.122. The molecule has 0 radical (unpaired) electrons. The average Bonchev–Trinajstić information content (AvgIpc) is 2.68. The molecule has 0 aliphatic carbocycles. The summed E-state index contributed by atoms with van der Waals surface area (Å²) in [5.41, 5.74) is 0. The van der Waals surface area contributed by atoms with E-state index in [1.165, 1.54) is 0 Å². The molecule has 0 aromatic heterocycles. The largest absolute Gasteiger partial charge is 0.394 e. The zero-order chi connectivity index (χ0) is 20.9. The van der Waals surface area contributed by atoms with Crippen molar-refractivity contribution in [3.63, 3.8) is 0 Å². The zero-order valence-electron chi connectivity index (χ0n) is 17.8. The summed E-state index contributed by atoms with van der Waals surface area (Å²) in [5.74, 6) is 0.439. The molecule has 0 unspecified atom stereocenters. The van der Waals surface area contributed by atoms with Crippen LogP contribution in [0.5, 0.6) is 0 Å². The van der Waals surface area contributed by atoms with Crippen molar-refractivity contribution < 1.29 is 14.3 Å². The minimum absolute atomic E-state index is 0.00232. The van der Waals surface area contributed by atoms with Crippen LogP contribution in [-0.4, -0.2) is 30.3 Å². The molecule has 160 valence electrons. The van der Waals surface area contributed by atoms with Crippen LogP contribution in [0, 0.1) is 5.92 Å². The van der Waals surface area contributed by atoms with Crippen LogP contribution in [0.15, 0.2) is 48.6 Å². The zero-order valence-corrected chi connectivity index (χ0v) is 17.8. The highest BCUT2D eigenvalue weighted by Crippen LogP contribution is 2.06. The number of halogens is 1. The van der Waals surface area contributed by atoms with E-state index in [0.717, 1.165) is 44.9 Å². The van der Waals surface area contributed by atoms with Gasteiger partial charge < -0.3 is 10.4 Å². The molecule has 0 bridgehead atoms. The van der Waals surface area contributed by atoms with Crippen LogP contribution in [0.25, 0.3) is 0 Å². The third-order valence-electron chi connectivity index (χ3n) is 4.22. The molecule has 0 aromatic carbocycles. The van der Waals surface area contributed by atoms with Crippen molar-refractivity contribution in [1.82, 2.24) is 5.32 Å². The van der Waals surface area contributed by atoms with Crippen molar-refractivity contribution in [1.29, 1.82) is 0 Å². The number of aliphatic hydroxyl groups is 1. The number of hydrogen-bond donors (Lipinski definition) is 2. The molecule has 0 fully saturated rings. The summed E-state index contributed by atoms with van der Waals surface area (Å²) in [6.45, 7) is 3.74. The van der Waals surface area contributed by atoms with Crippen LogP contribution in [-0.2, 0) is 4.79 Å². The quantitative estimate of drug-likeness (QED) is 0.241. The molecule has 0 saturated heterocycles. The first-order valence-corrected chi connectivity index (χ1v) is 10.7. The van der Waals surface area contributed by atoms with E-state index in [9.17, 15) is 9.18 Å². The molecule has 1 amide bonds. The van der Waals surface area contributed by atoms with Gasteiger partial charge in [0.15, 0.2) is 0 Å². The third kappa shape index (κ3) is 19.1. The Balaban J connectivity index is 3.65. The van der Waals surface area contributed by atoms with Gasteiger partial charge in [0.25, 0.3) is 0 Å².